The summed E-state index contributed by atoms with van der Waals surface area (Å²) in [6, 6.07) is 9.76. The van der Waals surface area contributed by atoms with Crippen LogP contribution in [0.4, 0.5) is 5.69 Å². The number of hydrogen-bond acceptors (Lipinski definition) is 7. The number of hydrogen-bond donors (Lipinski definition) is 4. The lowest BCUT2D eigenvalue weighted by Crippen LogP contribution is -2.46. The number of amides is 1. The van der Waals surface area contributed by atoms with Crippen LogP contribution in [-0.2, 0) is 14.4 Å². The third-order valence-electron chi connectivity index (χ3n) is 3.98. The Bertz CT molecular complexity index is 731. The first kappa shape index (κ1) is 23.2. The highest BCUT2D eigenvalue weighted by atomic mass is 16.4. The number of carbonyl (C=O) groups is 3. The maximum atomic E-state index is 12.5. The van der Waals surface area contributed by atoms with Gasteiger partial charge in [0.15, 0.2) is 19.2 Å². The zero-order valence-corrected chi connectivity index (χ0v) is 16.1. The fourth-order valence-corrected chi connectivity index (χ4v) is 2.45. The van der Waals surface area contributed by atoms with Crippen molar-refractivity contribution in [1.82, 2.24) is 5.32 Å². The Morgan fingerprint density at radius 3 is 2.11 bits per heavy atom. The molecule has 1 aromatic carbocycles. The van der Waals surface area contributed by atoms with Gasteiger partial charge in [0.1, 0.15) is 11.8 Å². The van der Waals surface area contributed by atoms with Crippen molar-refractivity contribution in [3.8, 4) is 0 Å². The first-order chi connectivity index (χ1) is 13.0. The van der Waals surface area contributed by atoms with Crippen LogP contribution >= 0.6 is 0 Å². The fraction of sp³-hybridized carbons (Fsp3) is 0.444. The van der Waals surface area contributed by atoms with Crippen LogP contribution in [0.5, 0.6) is 0 Å². The molecule has 0 saturated heterocycles. The zero-order valence-electron chi connectivity index (χ0n) is 16.1. The number of nitrogens with zero attached hydrogens (tertiary/aromatic N) is 2. The minimum absolute atomic E-state index is 0.0786. The Labute approximate surface area is 162 Å². The maximum absolute atomic E-state index is 12.5. The molecule has 4 N–H and O–H groups in total. The van der Waals surface area contributed by atoms with E-state index in [-0.39, 0.29) is 18.0 Å². The molecule has 1 aromatic rings. The summed E-state index contributed by atoms with van der Waals surface area (Å²) >= 11 is 0. The number of carbonyl (C=O) groups excluding carboxylic acids is 2. The van der Waals surface area contributed by atoms with Gasteiger partial charge in [0.05, 0.1) is 5.97 Å². The van der Waals surface area contributed by atoms with E-state index in [2.05, 4.69) is 5.32 Å². The minimum Gasteiger partial charge on any atom is -0.547 e. The summed E-state index contributed by atoms with van der Waals surface area (Å²) in [5.74, 6) is -3.75. The van der Waals surface area contributed by atoms with Crippen LogP contribution in [0.1, 0.15) is 20.8 Å². The third kappa shape index (κ3) is 5.59. The molecule has 1 amide bonds. The normalized spacial score (nSPS) is 18.6. The number of aliphatic hydroxyl groups is 2. The van der Waals surface area contributed by atoms with E-state index < -0.39 is 24.1 Å². The van der Waals surface area contributed by atoms with Crippen molar-refractivity contribution in [2.45, 2.75) is 45.1 Å². The summed E-state index contributed by atoms with van der Waals surface area (Å²) in [6.07, 6.45) is -4.71. The molecule has 0 radical (unpaired) electrons. The first-order valence-electron chi connectivity index (χ1n) is 8.51. The van der Waals surface area contributed by atoms with Gasteiger partial charge in [0.2, 0.25) is 5.71 Å². The first-order valence-corrected chi connectivity index (χ1v) is 8.51. The van der Waals surface area contributed by atoms with Crippen molar-refractivity contribution in [2.75, 3.05) is 12.1 Å². The predicted octanol–water partition coefficient (Wildman–Crippen LogP) is -2.04. The van der Waals surface area contributed by atoms with E-state index in [1.807, 2.05) is 62.8 Å². The molecule has 1 heterocycles. The van der Waals surface area contributed by atoms with Crippen LogP contribution in [0.25, 0.3) is 0 Å². The van der Waals surface area contributed by atoms with Gasteiger partial charge in [-0.15, -0.1) is 4.68 Å². The number of hydrazine groups is 1. The van der Waals surface area contributed by atoms with Gasteiger partial charge >= 0.3 is 11.9 Å². The van der Waals surface area contributed by atoms with Crippen molar-refractivity contribution in [2.24, 2.45) is 0 Å². The number of rotatable bonds is 6. The summed E-state index contributed by atoms with van der Waals surface area (Å²) in [5.41, 5.74) is 1.93. The summed E-state index contributed by atoms with van der Waals surface area (Å²) < 4.78 is 1.91. The minimum atomic E-state index is -2.38. The van der Waals surface area contributed by atoms with E-state index in [4.69, 9.17) is 15.3 Å². The molecule has 0 bridgehead atoms. The summed E-state index contributed by atoms with van der Waals surface area (Å²) in [4.78, 5) is 31.9. The molecule has 2 unspecified atom stereocenters. The van der Waals surface area contributed by atoms with E-state index in [0.29, 0.717) is 0 Å². The standard InChI is InChI=1S/C14H20N3O.C4H6O6/c1-10(2)15-13-11(3)16(4)17(14(13)18)12-8-6-5-7-9-12;5-1(3(7)8)2(6)4(9)10/h5-10,13,15H,1-4H3;1-2,5-6H,(H,7,8)(H,9,10)/q+1;/p-1/t;1-,2?/m.1/s1. The van der Waals surface area contributed by atoms with E-state index in [0.717, 1.165) is 11.4 Å². The molecule has 0 spiro atoms. The molecular formula is C18H25N3O7. The quantitative estimate of drug-likeness (QED) is 0.402. The number of nitrogens with one attached hydrogen (secondary N) is 1. The number of para-hydroxylation sites is 1. The van der Waals surface area contributed by atoms with E-state index >= 15 is 0 Å². The smallest absolute Gasteiger partial charge is 0.335 e. The van der Waals surface area contributed by atoms with Gasteiger partial charge in [0.25, 0.3) is 0 Å². The van der Waals surface area contributed by atoms with Crippen molar-refractivity contribution in [1.29, 1.82) is 0 Å². The molecule has 0 aliphatic carbocycles. The molecule has 154 valence electrons. The molecule has 10 nitrogen and oxygen atoms in total. The predicted molar refractivity (Wildman–Crippen MR) is 97.5 cm³/mol. The van der Waals surface area contributed by atoms with Gasteiger partial charge in [-0.25, -0.2) is 4.79 Å². The lowest BCUT2D eigenvalue weighted by Gasteiger charge is -2.14. The van der Waals surface area contributed by atoms with E-state index in [9.17, 15) is 19.5 Å². The van der Waals surface area contributed by atoms with Crippen molar-refractivity contribution < 1.29 is 39.5 Å². The average molecular weight is 395 g/mol. The molecule has 1 aliphatic rings. The van der Waals surface area contributed by atoms with Crippen LogP contribution in [-0.4, -0.2) is 74.9 Å². The molecule has 1 aliphatic heterocycles. The van der Waals surface area contributed by atoms with Gasteiger partial charge in [0, 0.05) is 13.0 Å². The number of carboxylic acid groups (broad SMARTS) is 2. The monoisotopic (exact) mass is 395 g/mol. The van der Waals surface area contributed by atoms with Crippen molar-refractivity contribution in [3.05, 3.63) is 30.3 Å². The number of aliphatic carboxylic acids is 2. The lowest BCUT2D eigenvalue weighted by atomic mass is 10.1. The topological polar surface area (TPSA) is 153 Å². The zero-order chi connectivity index (χ0) is 21.6. The summed E-state index contributed by atoms with van der Waals surface area (Å²) in [5, 5.41) is 39.1. The van der Waals surface area contributed by atoms with Crippen molar-refractivity contribution in [3.63, 3.8) is 0 Å². The van der Waals surface area contributed by atoms with Gasteiger partial charge in [-0.05, 0) is 26.0 Å². The fourth-order valence-electron chi connectivity index (χ4n) is 2.45. The number of hydrazone groups is 1. The number of benzene rings is 1. The second kappa shape index (κ2) is 9.93. The number of aliphatic hydroxyl groups excluding tert-OH is 2. The Morgan fingerprint density at radius 1 is 1.18 bits per heavy atom. The van der Waals surface area contributed by atoms with Crippen LogP contribution in [0, 0.1) is 0 Å². The van der Waals surface area contributed by atoms with Crippen LogP contribution in [0.3, 0.4) is 0 Å². The van der Waals surface area contributed by atoms with Crippen LogP contribution in [0.15, 0.2) is 30.3 Å². The third-order valence-corrected chi connectivity index (χ3v) is 3.98. The summed E-state index contributed by atoms with van der Waals surface area (Å²) in [6.45, 7) is 6.08. The second-order valence-electron chi connectivity index (χ2n) is 6.45. The molecular weight excluding hydrogens is 370 g/mol. The molecule has 0 fully saturated rings. The molecule has 10 heteroatoms. The van der Waals surface area contributed by atoms with E-state index in [1.165, 1.54) is 0 Å². The molecule has 0 aromatic heterocycles. The highest BCUT2D eigenvalue weighted by Crippen LogP contribution is 2.19. The SMILES string of the molecule is CC1=[N+](C)N(c2ccccc2)C(=O)C1NC(C)C.O=C(O)C(O)[C@@H](O)C(=O)[O-]. The molecule has 28 heavy (non-hydrogen) atoms. The highest BCUT2D eigenvalue weighted by Gasteiger charge is 2.44. The molecule has 3 atom stereocenters. The van der Waals surface area contributed by atoms with Crippen LogP contribution < -0.4 is 15.4 Å². The second-order valence-corrected chi connectivity index (χ2v) is 6.45. The van der Waals surface area contributed by atoms with Crippen LogP contribution in [0.2, 0.25) is 0 Å². The Balaban J connectivity index is 0.000000336. The lowest BCUT2D eigenvalue weighted by molar-refractivity contribution is -0.495. The maximum Gasteiger partial charge on any atom is 0.335 e. The number of anilines is 1. The Kier molecular flexibility index (Phi) is 8.23. The Hall–Kier alpha value is -2.82. The molecule has 2 rings (SSSR count). The molecule has 0 saturated carbocycles. The van der Waals surface area contributed by atoms with E-state index in [1.54, 1.807) is 5.01 Å². The highest BCUT2D eigenvalue weighted by molar-refractivity contribution is 6.14. The van der Waals surface area contributed by atoms with Gasteiger partial charge in [-0.3, -0.25) is 10.1 Å². The van der Waals surface area contributed by atoms with Crippen molar-refractivity contribution >= 4 is 29.2 Å². The number of carboxylic acids is 2. The van der Waals surface area contributed by atoms with Gasteiger partial charge < -0.3 is 25.2 Å². The van der Waals surface area contributed by atoms with Gasteiger partial charge in [-0.2, -0.15) is 0 Å². The largest absolute Gasteiger partial charge is 0.547 e. The Morgan fingerprint density at radius 2 is 1.71 bits per heavy atom. The average Bonchev–Trinajstić information content (AvgIpc) is 2.84. The summed E-state index contributed by atoms with van der Waals surface area (Å²) in [7, 11) is 1.92. The van der Waals surface area contributed by atoms with Gasteiger partial charge in [-0.1, -0.05) is 23.2 Å².